The maximum atomic E-state index is 10.3. The van der Waals surface area contributed by atoms with Crippen molar-refractivity contribution in [1.29, 1.82) is 0 Å². The van der Waals surface area contributed by atoms with Crippen LogP contribution in [0.3, 0.4) is 0 Å². The summed E-state index contributed by atoms with van der Waals surface area (Å²) in [5.41, 5.74) is 0.752. The van der Waals surface area contributed by atoms with Crippen LogP contribution in [0.25, 0.3) is 0 Å². The average Bonchev–Trinajstić information content (AvgIpc) is 2.70. The number of hydrogen-bond donors (Lipinski definition) is 2. The molecular weight excluding hydrogens is 206 g/mol. The highest BCUT2D eigenvalue weighted by Gasteiger charge is 2.27. The molecular formula is C11H19N3O2. The number of hydrogen-bond acceptors (Lipinski definition) is 4. The van der Waals surface area contributed by atoms with E-state index in [2.05, 4.69) is 10.4 Å². The molecule has 0 bridgehead atoms. The van der Waals surface area contributed by atoms with Gasteiger partial charge in [-0.05, 0) is 19.4 Å². The third-order valence-corrected chi connectivity index (χ3v) is 3.18. The number of ether oxygens (including phenoxy) is 1. The number of nitrogens with zero attached hydrogens (tertiary/aromatic N) is 2. The van der Waals surface area contributed by atoms with Crippen LogP contribution in [0.2, 0.25) is 0 Å². The zero-order valence-electron chi connectivity index (χ0n) is 9.81. The molecule has 1 aromatic heterocycles. The number of rotatable bonds is 3. The molecule has 0 aliphatic carbocycles. The molecule has 2 rings (SSSR count). The molecule has 2 heterocycles. The van der Waals surface area contributed by atoms with Gasteiger partial charge in [0.1, 0.15) is 11.8 Å². The summed E-state index contributed by atoms with van der Waals surface area (Å²) in [4.78, 5) is 0. The van der Waals surface area contributed by atoms with Gasteiger partial charge in [0.25, 0.3) is 0 Å². The van der Waals surface area contributed by atoms with Gasteiger partial charge in [-0.3, -0.25) is 4.68 Å². The second-order valence-corrected chi connectivity index (χ2v) is 4.22. The Balaban J connectivity index is 2.18. The number of nitrogens with one attached hydrogen (secondary N) is 1. The first-order valence-electron chi connectivity index (χ1n) is 5.71. The van der Waals surface area contributed by atoms with Gasteiger partial charge in [0.05, 0.1) is 13.3 Å². The highest BCUT2D eigenvalue weighted by Crippen LogP contribution is 2.29. The number of aliphatic hydroxyl groups is 1. The van der Waals surface area contributed by atoms with Crippen LogP contribution in [0.4, 0.5) is 0 Å². The molecule has 1 saturated heterocycles. The molecule has 1 aliphatic rings. The summed E-state index contributed by atoms with van der Waals surface area (Å²) >= 11 is 0. The molecule has 0 radical (unpaired) electrons. The van der Waals surface area contributed by atoms with Crippen LogP contribution in [0, 0.1) is 0 Å². The molecule has 2 unspecified atom stereocenters. The smallest absolute Gasteiger partial charge is 0.162 e. The van der Waals surface area contributed by atoms with Crippen molar-refractivity contribution in [2.24, 2.45) is 7.05 Å². The van der Waals surface area contributed by atoms with Crippen molar-refractivity contribution in [1.82, 2.24) is 15.1 Å². The first kappa shape index (κ1) is 11.4. The molecule has 0 aromatic carbocycles. The van der Waals surface area contributed by atoms with Gasteiger partial charge in [-0.15, -0.1) is 0 Å². The lowest BCUT2D eigenvalue weighted by Crippen LogP contribution is -2.39. The minimum absolute atomic E-state index is 0.109. The van der Waals surface area contributed by atoms with Gasteiger partial charge in [-0.2, -0.15) is 5.10 Å². The van der Waals surface area contributed by atoms with E-state index in [9.17, 15) is 5.11 Å². The molecule has 2 N–H and O–H groups in total. The van der Waals surface area contributed by atoms with E-state index in [1.54, 1.807) is 18.0 Å². The van der Waals surface area contributed by atoms with Crippen LogP contribution in [-0.2, 0) is 7.05 Å². The van der Waals surface area contributed by atoms with Crippen molar-refractivity contribution in [3.63, 3.8) is 0 Å². The van der Waals surface area contributed by atoms with Crippen molar-refractivity contribution >= 4 is 0 Å². The minimum Gasteiger partial charge on any atom is -0.493 e. The van der Waals surface area contributed by atoms with Gasteiger partial charge in [-0.25, -0.2) is 0 Å². The van der Waals surface area contributed by atoms with Gasteiger partial charge in [0, 0.05) is 13.1 Å². The van der Waals surface area contributed by atoms with Gasteiger partial charge in [-0.1, -0.05) is 6.42 Å². The molecule has 1 fully saturated rings. The minimum atomic E-state index is -0.553. The number of aliphatic hydroxyl groups excluding tert-OH is 1. The number of piperidine rings is 1. The van der Waals surface area contributed by atoms with Crippen LogP contribution in [0.15, 0.2) is 6.20 Å². The summed E-state index contributed by atoms with van der Waals surface area (Å²) in [6.45, 7) is 0.974. The molecule has 5 nitrogen and oxygen atoms in total. The Bertz CT molecular complexity index is 345. The molecule has 2 atom stereocenters. The van der Waals surface area contributed by atoms with E-state index >= 15 is 0 Å². The van der Waals surface area contributed by atoms with Gasteiger partial charge in [0.2, 0.25) is 0 Å². The van der Waals surface area contributed by atoms with Gasteiger partial charge in [0.15, 0.2) is 5.75 Å². The fraction of sp³-hybridized carbons (Fsp3) is 0.727. The fourth-order valence-electron chi connectivity index (χ4n) is 2.26. The van der Waals surface area contributed by atoms with E-state index in [4.69, 9.17) is 4.74 Å². The number of methoxy groups -OCH3 is 1. The molecule has 0 amide bonds. The quantitative estimate of drug-likeness (QED) is 0.791. The van der Waals surface area contributed by atoms with Crippen LogP contribution in [-0.4, -0.2) is 34.6 Å². The predicted octanol–water partition coefficient (Wildman–Crippen LogP) is 0.604. The molecule has 1 aliphatic heterocycles. The lowest BCUT2D eigenvalue weighted by atomic mass is 9.97. The first-order chi connectivity index (χ1) is 7.74. The summed E-state index contributed by atoms with van der Waals surface area (Å²) in [5.74, 6) is 0.655. The lowest BCUT2D eigenvalue weighted by Gasteiger charge is -2.28. The summed E-state index contributed by atoms with van der Waals surface area (Å²) in [7, 11) is 3.42. The highest BCUT2D eigenvalue weighted by molar-refractivity contribution is 5.28. The summed E-state index contributed by atoms with van der Waals surface area (Å²) in [6, 6.07) is 0.109. The van der Waals surface area contributed by atoms with Crippen molar-refractivity contribution in [2.75, 3.05) is 13.7 Å². The van der Waals surface area contributed by atoms with Gasteiger partial charge >= 0.3 is 0 Å². The Morgan fingerprint density at radius 2 is 2.44 bits per heavy atom. The van der Waals surface area contributed by atoms with E-state index in [0.717, 1.165) is 25.1 Å². The fourth-order valence-corrected chi connectivity index (χ4v) is 2.26. The Morgan fingerprint density at radius 3 is 3.06 bits per heavy atom. The zero-order chi connectivity index (χ0) is 11.5. The van der Waals surface area contributed by atoms with Crippen LogP contribution < -0.4 is 10.1 Å². The molecule has 0 saturated carbocycles. The summed E-state index contributed by atoms with van der Waals surface area (Å²) in [6.07, 6.45) is 4.43. The van der Waals surface area contributed by atoms with Crippen LogP contribution >= 0.6 is 0 Å². The van der Waals surface area contributed by atoms with Crippen molar-refractivity contribution in [3.8, 4) is 5.75 Å². The number of aromatic nitrogens is 2. The Hall–Kier alpha value is -1.07. The summed E-state index contributed by atoms with van der Waals surface area (Å²) < 4.78 is 6.89. The molecule has 5 heteroatoms. The van der Waals surface area contributed by atoms with E-state index in [1.807, 2.05) is 7.05 Å². The monoisotopic (exact) mass is 225 g/mol. The second kappa shape index (κ2) is 4.84. The Kier molecular flexibility index (Phi) is 3.46. The topological polar surface area (TPSA) is 59.3 Å². The van der Waals surface area contributed by atoms with Crippen molar-refractivity contribution in [3.05, 3.63) is 11.9 Å². The molecule has 1 aromatic rings. The maximum absolute atomic E-state index is 10.3. The standard InChI is InChI=1S/C11H19N3O2/c1-14-10(9(16-2)7-13-14)11(15)8-5-3-4-6-12-8/h7-8,11-12,15H,3-6H2,1-2H3. The molecule has 0 spiro atoms. The zero-order valence-corrected chi connectivity index (χ0v) is 9.81. The Labute approximate surface area is 95.4 Å². The third kappa shape index (κ3) is 2.05. The predicted molar refractivity (Wildman–Crippen MR) is 60.4 cm³/mol. The summed E-state index contributed by atoms with van der Waals surface area (Å²) in [5, 5.41) is 17.8. The van der Waals surface area contributed by atoms with E-state index in [-0.39, 0.29) is 6.04 Å². The van der Waals surface area contributed by atoms with Crippen molar-refractivity contribution in [2.45, 2.75) is 31.4 Å². The Morgan fingerprint density at radius 1 is 1.62 bits per heavy atom. The lowest BCUT2D eigenvalue weighted by molar-refractivity contribution is 0.103. The van der Waals surface area contributed by atoms with E-state index in [1.165, 1.54) is 6.42 Å². The normalized spacial score (nSPS) is 23.1. The van der Waals surface area contributed by atoms with E-state index < -0.39 is 6.10 Å². The van der Waals surface area contributed by atoms with Crippen LogP contribution in [0.5, 0.6) is 5.75 Å². The third-order valence-electron chi connectivity index (χ3n) is 3.18. The number of aryl methyl sites for hydroxylation is 1. The largest absolute Gasteiger partial charge is 0.493 e. The average molecular weight is 225 g/mol. The molecule has 16 heavy (non-hydrogen) atoms. The van der Waals surface area contributed by atoms with Crippen molar-refractivity contribution < 1.29 is 9.84 Å². The first-order valence-corrected chi connectivity index (χ1v) is 5.71. The second-order valence-electron chi connectivity index (χ2n) is 4.22. The maximum Gasteiger partial charge on any atom is 0.162 e. The molecule has 90 valence electrons. The van der Waals surface area contributed by atoms with E-state index in [0.29, 0.717) is 5.75 Å². The highest BCUT2D eigenvalue weighted by atomic mass is 16.5. The van der Waals surface area contributed by atoms with Crippen LogP contribution in [0.1, 0.15) is 31.1 Å². The SMILES string of the molecule is COc1cnn(C)c1C(O)C1CCCCN1. The van der Waals surface area contributed by atoms with Gasteiger partial charge < -0.3 is 15.2 Å².